The van der Waals surface area contributed by atoms with Crippen LogP contribution in [0.4, 0.5) is 0 Å². The molecule has 104 valence electrons. The zero-order valence-corrected chi connectivity index (χ0v) is 11.2. The third kappa shape index (κ3) is 3.05. The Morgan fingerprint density at radius 2 is 2.11 bits per heavy atom. The van der Waals surface area contributed by atoms with E-state index in [0.717, 1.165) is 38.8 Å². The molecule has 2 saturated heterocycles. The molecule has 0 bridgehead atoms. The molecule has 4 unspecified atom stereocenters. The lowest BCUT2D eigenvalue weighted by Gasteiger charge is -2.33. The molecule has 3 rings (SSSR count). The van der Waals surface area contributed by atoms with E-state index < -0.39 is 0 Å². The second-order valence-corrected chi connectivity index (χ2v) is 5.88. The van der Waals surface area contributed by atoms with Gasteiger partial charge in [-0.05, 0) is 31.6 Å². The number of rotatable bonds is 4. The van der Waals surface area contributed by atoms with Crippen molar-refractivity contribution < 1.29 is 9.47 Å². The Morgan fingerprint density at radius 1 is 1.11 bits per heavy atom. The van der Waals surface area contributed by atoms with E-state index >= 15 is 0 Å². The minimum Gasteiger partial charge on any atom is -0.379 e. The summed E-state index contributed by atoms with van der Waals surface area (Å²) >= 11 is 0. The Kier molecular flexibility index (Phi) is 4.52. The summed E-state index contributed by atoms with van der Waals surface area (Å²) in [5, 5.41) is 7.37. The molecule has 0 aromatic heterocycles. The van der Waals surface area contributed by atoms with E-state index in [-0.39, 0.29) is 0 Å². The molecule has 2 aliphatic heterocycles. The highest BCUT2D eigenvalue weighted by Gasteiger charge is 2.34. The number of hydrogen-bond acceptors (Lipinski definition) is 4. The second-order valence-electron chi connectivity index (χ2n) is 5.88. The van der Waals surface area contributed by atoms with Crippen molar-refractivity contribution in [2.45, 2.75) is 50.3 Å². The molecule has 4 heteroatoms. The molecule has 2 heterocycles. The first-order chi connectivity index (χ1) is 8.93. The average Bonchev–Trinajstić information content (AvgIpc) is 3.09. The van der Waals surface area contributed by atoms with Crippen molar-refractivity contribution in [2.75, 3.05) is 32.9 Å². The van der Waals surface area contributed by atoms with Gasteiger partial charge in [0.1, 0.15) is 0 Å². The molecule has 0 radical (unpaired) electrons. The van der Waals surface area contributed by atoms with Crippen molar-refractivity contribution >= 4 is 0 Å². The number of ether oxygens (including phenoxy) is 2. The summed E-state index contributed by atoms with van der Waals surface area (Å²) in [5.74, 6) is 0.742. The highest BCUT2D eigenvalue weighted by atomic mass is 16.5. The first-order valence-corrected chi connectivity index (χ1v) is 7.59. The molecule has 1 aliphatic carbocycles. The Bertz CT molecular complexity index is 250. The maximum atomic E-state index is 5.69. The molecule has 0 aromatic carbocycles. The summed E-state index contributed by atoms with van der Waals surface area (Å²) in [4.78, 5) is 0. The van der Waals surface area contributed by atoms with Gasteiger partial charge in [0.2, 0.25) is 0 Å². The largest absolute Gasteiger partial charge is 0.379 e. The molecular weight excluding hydrogens is 228 g/mol. The number of hydrogen-bond donors (Lipinski definition) is 2. The van der Waals surface area contributed by atoms with E-state index in [1.165, 1.54) is 32.1 Å². The van der Waals surface area contributed by atoms with Gasteiger partial charge in [0.05, 0.1) is 19.3 Å². The highest BCUT2D eigenvalue weighted by Crippen LogP contribution is 2.29. The maximum Gasteiger partial charge on any atom is 0.0700 e. The van der Waals surface area contributed by atoms with Crippen LogP contribution in [0.1, 0.15) is 32.1 Å². The van der Waals surface area contributed by atoms with E-state index in [1.54, 1.807) is 0 Å². The lowest BCUT2D eigenvalue weighted by atomic mass is 9.94. The quantitative estimate of drug-likeness (QED) is 0.783. The fourth-order valence-electron chi connectivity index (χ4n) is 3.67. The monoisotopic (exact) mass is 254 g/mol. The van der Waals surface area contributed by atoms with Crippen LogP contribution in [0.5, 0.6) is 0 Å². The molecule has 3 aliphatic rings. The summed E-state index contributed by atoms with van der Waals surface area (Å²) < 4.78 is 11.3. The summed E-state index contributed by atoms with van der Waals surface area (Å²) in [6, 6.07) is 1.22. The van der Waals surface area contributed by atoms with Gasteiger partial charge in [-0.25, -0.2) is 0 Å². The Labute approximate surface area is 110 Å². The predicted molar refractivity (Wildman–Crippen MR) is 70.7 cm³/mol. The normalized spacial score (nSPS) is 41.3. The summed E-state index contributed by atoms with van der Waals surface area (Å²) in [7, 11) is 0. The van der Waals surface area contributed by atoms with Crippen molar-refractivity contribution in [1.82, 2.24) is 10.6 Å². The third-order valence-corrected chi connectivity index (χ3v) is 4.67. The number of nitrogens with one attached hydrogen (secondary N) is 2. The van der Waals surface area contributed by atoms with Crippen LogP contribution in [-0.2, 0) is 9.47 Å². The van der Waals surface area contributed by atoms with Crippen LogP contribution in [0, 0.1) is 5.92 Å². The van der Waals surface area contributed by atoms with Crippen LogP contribution in [-0.4, -0.2) is 51.1 Å². The van der Waals surface area contributed by atoms with E-state index in [4.69, 9.17) is 9.47 Å². The van der Waals surface area contributed by atoms with Gasteiger partial charge >= 0.3 is 0 Å². The highest BCUT2D eigenvalue weighted by molar-refractivity contribution is 4.92. The Hall–Kier alpha value is -0.160. The van der Waals surface area contributed by atoms with Crippen molar-refractivity contribution in [3.05, 3.63) is 0 Å². The summed E-state index contributed by atoms with van der Waals surface area (Å²) in [6.07, 6.45) is 6.93. The average molecular weight is 254 g/mol. The van der Waals surface area contributed by atoms with Crippen LogP contribution < -0.4 is 10.6 Å². The van der Waals surface area contributed by atoms with Gasteiger partial charge in [-0.1, -0.05) is 6.42 Å². The SMILES string of the molecule is C1COC(CNC2CCCC2C2COCCN2)C1. The van der Waals surface area contributed by atoms with Crippen LogP contribution in [0.15, 0.2) is 0 Å². The minimum atomic E-state index is 0.460. The molecule has 3 fully saturated rings. The number of morpholine rings is 1. The molecular formula is C14H26N2O2. The smallest absolute Gasteiger partial charge is 0.0700 e. The molecule has 0 amide bonds. The van der Waals surface area contributed by atoms with Gasteiger partial charge < -0.3 is 20.1 Å². The van der Waals surface area contributed by atoms with Crippen molar-refractivity contribution in [3.8, 4) is 0 Å². The predicted octanol–water partition coefficient (Wildman–Crippen LogP) is 0.912. The fourth-order valence-corrected chi connectivity index (χ4v) is 3.67. The topological polar surface area (TPSA) is 42.5 Å². The van der Waals surface area contributed by atoms with Crippen LogP contribution in [0.2, 0.25) is 0 Å². The van der Waals surface area contributed by atoms with E-state index in [9.17, 15) is 0 Å². The zero-order chi connectivity index (χ0) is 12.2. The van der Waals surface area contributed by atoms with E-state index in [2.05, 4.69) is 10.6 Å². The molecule has 4 atom stereocenters. The van der Waals surface area contributed by atoms with Gasteiger partial charge in [0.25, 0.3) is 0 Å². The van der Waals surface area contributed by atoms with Crippen LogP contribution >= 0.6 is 0 Å². The van der Waals surface area contributed by atoms with Crippen molar-refractivity contribution in [3.63, 3.8) is 0 Å². The zero-order valence-electron chi connectivity index (χ0n) is 11.2. The van der Waals surface area contributed by atoms with Crippen molar-refractivity contribution in [1.29, 1.82) is 0 Å². The van der Waals surface area contributed by atoms with Gasteiger partial charge in [-0.15, -0.1) is 0 Å². The summed E-state index contributed by atoms with van der Waals surface area (Å²) in [5.41, 5.74) is 0. The summed E-state index contributed by atoms with van der Waals surface area (Å²) in [6.45, 7) is 4.77. The fraction of sp³-hybridized carbons (Fsp3) is 1.00. The van der Waals surface area contributed by atoms with Gasteiger partial charge in [-0.2, -0.15) is 0 Å². The first-order valence-electron chi connectivity index (χ1n) is 7.59. The molecule has 18 heavy (non-hydrogen) atoms. The molecule has 0 aromatic rings. The van der Waals surface area contributed by atoms with Gasteiger partial charge in [0.15, 0.2) is 0 Å². The van der Waals surface area contributed by atoms with E-state index in [0.29, 0.717) is 18.2 Å². The van der Waals surface area contributed by atoms with Gasteiger partial charge in [-0.3, -0.25) is 0 Å². The molecule has 1 saturated carbocycles. The molecule has 2 N–H and O–H groups in total. The van der Waals surface area contributed by atoms with E-state index in [1.807, 2.05) is 0 Å². The standard InChI is InChI=1S/C14H26N2O2/c1-4-12(14-10-17-8-6-15-14)13(5-1)16-9-11-3-2-7-18-11/h11-16H,1-10H2. The van der Waals surface area contributed by atoms with Crippen LogP contribution in [0.25, 0.3) is 0 Å². The maximum absolute atomic E-state index is 5.69. The third-order valence-electron chi connectivity index (χ3n) is 4.67. The van der Waals surface area contributed by atoms with Gasteiger partial charge in [0, 0.05) is 31.8 Å². The lowest BCUT2D eigenvalue weighted by Crippen LogP contribution is -2.51. The van der Waals surface area contributed by atoms with Crippen LogP contribution in [0.3, 0.4) is 0 Å². The van der Waals surface area contributed by atoms with Crippen molar-refractivity contribution in [2.24, 2.45) is 5.92 Å². The minimum absolute atomic E-state index is 0.460. The molecule has 0 spiro atoms. The Balaban J connectivity index is 1.47. The lowest BCUT2D eigenvalue weighted by molar-refractivity contribution is 0.0503. The second kappa shape index (κ2) is 6.33. The first kappa shape index (κ1) is 12.9. The molecule has 4 nitrogen and oxygen atoms in total. The Morgan fingerprint density at radius 3 is 2.89 bits per heavy atom.